The highest BCUT2D eigenvalue weighted by Crippen LogP contribution is 2.18. The minimum Gasteiger partial charge on any atom is -0.428 e. The molecular weight excluding hydrogens is 340 g/mol. The van der Waals surface area contributed by atoms with E-state index in [1.807, 2.05) is 36.4 Å². The fourth-order valence-electron chi connectivity index (χ4n) is 3.15. The normalized spacial score (nSPS) is 13.7. The van der Waals surface area contributed by atoms with Crippen molar-refractivity contribution >= 4 is 23.5 Å². The highest BCUT2D eigenvalue weighted by Gasteiger charge is 2.11. The van der Waals surface area contributed by atoms with Gasteiger partial charge in [0.25, 0.3) is 0 Å². The molecule has 0 unspecified atom stereocenters. The van der Waals surface area contributed by atoms with Gasteiger partial charge in [0.2, 0.25) is 0 Å². The van der Waals surface area contributed by atoms with Crippen LogP contribution in [0.3, 0.4) is 0 Å². The Balaban J connectivity index is 2.07. The van der Waals surface area contributed by atoms with Gasteiger partial charge in [0.15, 0.2) is 0 Å². The van der Waals surface area contributed by atoms with Crippen LogP contribution in [-0.4, -0.2) is 11.9 Å². The van der Waals surface area contributed by atoms with Gasteiger partial charge in [-0.05, 0) is 54.0 Å². The first kappa shape index (κ1) is 18.4. The number of benzene rings is 2. The third-order valence-corrected chi connectivity index (χ3v) is 4.54. The number of rotatable bonds is 4. The Labute approximate surface area is 157 Å². The van der Waals surface area contributed by atoms with Crippen LogP contribution < -0.4 is 10.4 Å². The molecule has 3 rings (SSSR count). The molecule has 136 valence electrons. The van der Waals surface area contributed by atoms with Crippen LogP contribution >= 0.6 is 0 Å². The number of esters is 2. The average Bonchev–Trinajstić information content (AvgIpc) is 3.04. The van der Waals surface area contributed by atoms with Crippen molar-refractivity contribution in [3.8, 4) is 0 Å². The maximum Gasteiger partial charge on any atom is 0.335 e. The Bertz CT molecular complexity index is 1090. The van der Waals surface area contributed by atoms with Crippen LogP contribution in [0.25, 0.3) is 11.5 Å². The highest BCUT2D eigenvalue weighted by molar-refractivity contribution is 5.84. The largest absolute Gasteiger partial charge is 0.428 e. The van der Waals surface area contributed by atoms with Gasteiger partial charge in [-0.2, -0.15) is 0 Å². The molecule has 0 heterocycles. The zero-order valence-electron chi connectivity index (χ0n) is 15.4. The number of carbonyl (C=O) groups excluding carboxylic acids is 2. The van der Waals surface area contributed by atoms with E-state index in [9.17, 15) is 9.59 Å². The first-order valence-corrected chi connectivity index (χ1v) is 8.55. The van der Waals surface area contributed by atoms with Gasteiger partial charge >= 0.3 is 11.9 Å². The first-order chi connectivity index (χ1) is 12.9. The number of fused-ring (bicyclic) bond motifs is 2. The molecule has 4 nitrogen and oxygen atoms in total. The van der Waals surface area contributed by atoms with Crippen LogP contribution in [-0.2, 0) is 25.5 Å². The highest BCUT2D eigenvalue weighted by atomic mass is 16.5. The van der Waals surface area contributed by atoms with Crippen LogP contribution in [0.15, 0.2) is 61.7 Å². The number of hydrogen-bond donors (Lipinski definition) is 0. The van der Waals surface area contributed by atoms with Crippen LogP contribution in [0.2, 0.25) is 0 Å². The lowest BCUT2D eigenvalue weighted by Crippen LogP contribution is -2.10. The summed E-state index contributed by atoms with van der Waals surface area (Å²) in [6.07, 6.45) is 3.05. The van der Waals surface area contributed by atoms with Crippen LogP contribution in [0, 0.1) is 10.4 Å². The van der Waals surface area contributed by atoms with Gasteiger partial charge in [-0.25, -0.2) is 9.59 Å². The summed E-state index contributed by atoms with van der Waals surface area (Å²) in [6, 6.07) is 12.0. The summed E-state index contributed by atoms with van der Waals surface area (Å²) in [7, 11) is 0. The molecule has 0 spiro atoms. The molecule has 0 aliphatic heterocycles. The summed E-state index contributed by atoms with van der Waals surface area (Å²) in [5.74, 6) is 0.141. The fourth-order valence-corrected chi connectivity index (χ4v) is 3.15. The Morgan fingerprint density at radius 2 is 1.22 bits per heavy atom. The molecule has 0 bridgehead atoms. The Morgan fingerprint density at radius 1 is 0.815 bits per heavy atom. The van der Waals surface area contributed by atoms with Gasteiger partial charge in [-0.3, -0.25) is 0 Å². The van der Waals surface area contributed by atoms with E-state index < -0.39 is 11.9 Å². The van der Waals surface area contributed by atoms with E-state index in [2.05, 4.69) is 13.2 Å². The molecule has 0 saturated heterocycles. The summed E-state index contributed by atoms with van der Waals surface area (Å²) in [5.41, 5.74) is 2.32. The molecule has 0 N–H and O–H groups in total. The van der Waals surface area contributed by atoms with E-state index in [1.165, 1.54) is 0 Å². The number of carbonyl (C=O) groups is 2. The van der Waals surface area contributed by atoms with Crippen molar-refractivity contribution in [1.82, 2.24) is 0 Å². The predicted octanol–water partition coefficient (Wildman–Crippen LogP) is 2.59. The zero-order valence-corrected chi connectivity index (χ0v) is 15.4. The summed E-state index contributed by atoms with van der Waals surface area (Å²) in [6.45, 7) is 10.3. The quantitative estimate of drug-likeness (QED) is 0.530. The fraction of sp³-hybridized carbons (Fsp3) is 0.130. The maximum atomic E-state index is 11.4. The van der Waals surface area contributed by atoms with Crippen molar-refractivity contribution in [3.05, 3.63) is 93.7 Å². The summed E-state index contributed by atoms with van der Waals surface area (Å²) >= 11 is 0. The van der Waals surface area contributed by atoms with Gasteiger partial charge in [-0.1, -0.05) is 37.4 Å². The van der Waals surface area contributed by atoms with Crippen LogP contribution in [0.5, 0.6) is 0 Å². The van der Waals surface area contributed by atoms with Crippen molar-refractivity contribution < 1.29 is 19.1 Å². The van der Waals surface area contributed by atoms with Gasteiger partial charge < -0.3 is 9.47 Å². The van der Waals surface area contributed by atoms with Crippen LogP contribution in [0.4, 0.5) is 0 Å². The minimum atomic E-state index is -0.471. The third-order valence-electron chi connectivity index (χ3n) is 4.54. The molecule has 2 aromatic carbocycles. The van der Waals surface area contributed by atoms with Gasteiger partial charge in [0, 0.05) is 22.6 Å². The molecule has 0 radical (unpaired) electrons. The van der Waals surface area contributed by atoms with E-state index in [-0.39, 0.29) is 0 Å². The second kappa shape index (κ2) is 7.46. The van der Waals surface area contributed by atoms with Gasteiger partial charge in [0.1, 0.15) is 11.5 Å². The van der Waals surface area contributed by atoms with E-state index >= 15 is 0 Å². The second-order valence-corrected chi connectivity index (χ2v) is 6.28. The number of hydrogen-bond acceptors (Lipinski definition) is 4. The van der Waals surface area contributed by atoms with Gasteiger partial charge in [-0.15, -0.1) is 0 Å². The molecule has 0 amide bonds. The van der Waals surface area contributed by atoms with E-state index in [0.717, 1.165) is 50.6 Å². The molecular formula is C23H20O4. The lowest BCUT2D eigenvalue weighted by molar-refractivity contribution is -0.132. The van der Waals surface area contributed by atoms with E-state index in [0.29, 0.717) is 11.5 Å². The van der Waals surface area contributed by atoms with E-state index in [4.69, 9.17) is 9.47 Å². The van der Waals surface area contributed by atoms with E-state index in [1.54, 1.807) is 13.8 Å². The number of ether oxygens (including phenoxy) is 2. The Morgan fingerprint density at radius 3 is 1.59 bits per heavy atom. The molecule has 27 heavy (non-hydrogen) atoms. The molecule has 2 aromatic rings. The monoisotopic (exact) mass is 360 g/mol. The first-order valence-electron chi connectivity index (χ1n) is 8.55. The third kappa shape index (κ3) is 3.75. The molecule has 0 aromatic heterocycles. The lowest BCUT2D eigenvalue weighted by atomic mass is 10.1. The minimum absolute atomic E-state index is 0.471. The maximum absolute atomic E-state index is 11.4. The zero-order chi connectivity index (χ0) is 19.6. The van der Waals surface area contributed by atoms with Gasteiger partial charge in [0.05, 0.1) is 0 Å². The smallest absolute Gasteiger partial charge is 0.335 e. The molecule has 0 atom stereocenters. The summed E-state index contributed by atoms with van der Waals surface area (Å²) in [4.78, 5) is 22.8. The van der Waals surface area contributed by atoms with Crippen molar-refractivity contribution in [2.45, 2.75) is 20.3 Å². The topological polar surface area (TPSA) is 52.6 Å². The molecule has 0 saturated carbocycles. The summed E-state index contributed by atoms with van der Waals surface area (Å²) in [5, 5.41) is 4.03. The Hall–Kier alpha value is -3.40. The summed E-state index contributed by atoms with van der Waals surface area (Å²) < 4.78 is 10.4. The molecule has 4 heteroatoms. The van der Waals surface area contributed by atoms with Crippen molar-refractivity contribution in [1.29, 1.82) is 0 Å². The van der Waals surface area contributed by atoms with Crippen molar-refractivity contribution in [2.24, 2.45) is 0 Å². The molecule has 0 fully saturated rings. The SMILES string of the molecule is C=CC(=O)OC(C)=c1ccc2c(c1)Cc1cc(=C(C)OC(=O)C=C)ccc1=2. The molecule has 1 aliphatic carbocycles. The predicted molar refractivity (Wildman–Crippen MR) is 103 cm³/mol. The Kier molecular flexibility index (Phi) is 5.08. The average molecular weight is 360 g/mol. The van der Waals surface area contributed by atoms with Crippen molar-refractivity contribution in [3.63, 3.8) is 0 Å². The standard InChI is InChI=1S/C23H20O4/c1-5-22(24)26-14(3)16-7-9-20-18(11-16)13-19-12-17(8-10-21(19)20)15(4)27-23(25)6-2/h5-12H,1-2,13H2,3-4H3. The second-order valence-electron chi connectivity index (χ2n) is 6.28. The lowest BCUT2D eigenvalue weighted by Gasteiger charge is -2.02. The van der Waals surface area contributed by atoms with Crippen LogP contribution in [0.1, 0.15) is 25.0 Å². The molecule has 1 aliphatic rings. The van der Waals surface area contributed by atoms with Crippen molar-refractivity contribution in [2.75, 3.05) is 0 Å².